The molecule has 5 nitrogen and oxygen atoms in total. The molecule has 0 amide bonds. The molecular formula is C50H30N4O. The van der Waals surface area contributed by atoms with Gasteiger partial charge < -0.3 is 4.42 Å². The Labute approximate surface area is 316 Å². The highest BCUT2D eigenvalue weighted by molar-refractivity contribution is 6.22. The summed E-state index contributed by atoms with van der Waals surface area (Å²) in [7, 11) is 0. The van der Waals surface area contributed by atoms with Crippen molar-refractivity contribution in [2.45, 2.75) is 0 Å². The molecule has 0 radical (unpaired) electrons. The summed E-state index contributed by atoms with van der Waals surface area (Å²) in [5.41, 5.74) is 9.56. The Morgan fingerprint density at radius 3 is 1.64 bits per heavy atom. The van der Waals surface area contributed by atoms with Crippen LogP contribution >= 0.6 is 0 Å². The van der Waals surface area contributed by atoms with Crippen LogP contribution in [0.4, 0.5) is 0 Å². The van der Waals surface area contributed by atoms with Crippen LogP contribution in [-0.2, 0) is 0 Å². The lowest BCUT2D eigenvalue weighted by Crippen LogP contribution is -2.00. The lowest BCUT2D eigenvalue weighted by Gasteiger charge is -2.13. The molecule has 3 aromatic heterocycles. The predicted octanol–water partition coefficient (Wildman–Crippen LogP) is 13.0. The lowest BCUT2D eigenvalue weighted by molar-refractivity contribution is 0.670. The monoisotopic (exact) mass is 702 g/mol. The number of rotatable bonds is 5. The maximum absolute atomic E-state index is 6.59. The molecule has 0 bridgehead atoms. The summed E-state index contributed by atoms with van der Waals surface area (Å²) in [6.45, 7) is 0. The van der Waals surface area contributed by atoms with Crippen LogP contribution in [0.3, 0.4) is 0 Å². The van der Waals surface area contributed by atoms with Crippen LogP contribution in [0.25, 0.3) is 111 Å². The molecule has 8 aromatic carbocycles. The van der Waals surface area contributed by atoms with Gasteiger partial charge in [-0.25, -0.2) is 15.0 Å². The first-order valence-electron chi connectivity index (χ1n) is 18.4. The minimum Gasteiger partial charge on any atom is -0.455 e. The standard InChI is InChI=1S/C50H30N4O/c1-3-13-31(14-4-1)39-27-28-41(45-40-21-11-12-22-43(40)55-47(39)45)50-53-48(33-15-5-2-6-16-33)52-49(54-50)34-25-23-32(24-26-34)42-29-35-17-7-9-19-37(35)44-38-20-10-8-18-36(38)30-51-46(42)44/h1-30H. The molecule has 11 aromatic rings. The normalized spacial score (nSPS) is 11.6. The summed E-state index contributed by atoms with van der Waals surface area (Å²) >= 11 is 0. The average Bonchev–Trinajstić information content (AvgIpc) is 3.66. The fourth-order valence-electron chi connectivity index (χ4n) is 7.94. The van der Waals surface area contributed by atoms with Crippen molar-refractivity contribution in [2.75, 3.05) is 0 Å². The van der Waals surface area contributed by atoms with E-state index < -0.39 is 0 Å². The fourth-order valence-corrected chi connectivity index (χ4v) is 7.94. The lowest BCUT2D eigenvalue weighted by atomic mass is 9.93. The average molecular weight is 703 g/mol. The zero-order valence-corrected chi connectivity index (χ0v) is 29.5. The van der Waals surface area contributed by atoms with Gasteiger partial charge >= 0.3 is 0 Å². The van der Waals surface area contributed by atoms with Crippen LogP contribution in [0.5, 0.6) is 0 Å². The number of hydrogen-bond acceptors (Lipinski definition) is 5. The summed E-state index contributed by atoms with van der Waals surface area (Å²) in [6.07, 6.45) is 1.98. The Morgan fingerprint density at radius 2 is 0.891 bits per heavy atom. The molecule has 0 atom stereocenters. The van der Waals surface area contributed by atoms with Crippen molar-refractivity contribution in [3.05, 3.63) is 182 Å². The van der Waals surface area contributed by atoms with Crippen LogP contribution in [0.2, 0.25) is 0 Å². The van der Waals surface area contributed by atoms with Crippen molar-refractivity contribution in [2.24, 2.45) is 0 Å². The van der Waals surface area contributed by atoms with Gasteiger partial charge in [0.05, 0.1) is 5.52 Å². The second kappa shape index (κ2) is 12.6. The number of para-hydroxylation sites is 1. The van der Waals surface area contributed by atoms with Crippen molar-refractivity contribution < 1.29 is 4.42 Å². The number of nitrogens with zero attached hydrogens (tertiary/aromatic N) is 4. The van der Waals surface area contributed by atoms with Crippen molar-refractivity contribution >= 4 is 54.4 Å². The molecule has 0 saturated heterocycles. The molecule has 0 fully saturated rings. The smallest absolute Gasteiger partial charge is 0.164 e. The fraction of sp³-hybridized carbons (Fsp3) is 0. The van der Waals surface area contributed by atoms with Crippen LogP contribution in [-0.4, -0.2) is 19.9 Å². The number of aromatic nitrogens is 4. The van der Waals surface area contributed by atoms with Gasteiger partial charge in [-0.05, 0) is 51.6 Å². The van der Waals surface area contributed by atoms with Crippen molar-refractivity contribution in [1.82, 2.24) is 19.9 Å². The number of fused-ring (bicyclic) bond motifs is 8. The number of furan rings is 1. The zero-order chi connectivity index (χ0) is 36.3. The summed E-state index contributed by atoms with van der Waals surface area (Å²) in [5.74, 6) is 1.78. The highest BCUT2D eigenvalue weighted by Crippen LogP contribution is 2.42. The maximum atomic E-state index is 6.59. The molecule has 55 heavy (non-hydrogen) atoms. The predicted molar refractivity (Wildman–Crippen MR) is 225 cm³/mol. The Kier molecular flexibility index (Phi) is 7.10. The molecule has 0 aliphatic carbocycles. The molecule has 3 heterocycles. The minimum atomic E-state index is 0.584. The summed E-state index contributed by atoms with van der Waals surface area (Å²) in [6, 6.07) is 60.6. The first-order valence-corrected chi connectivity index (χ1v) is 18.4. The van der Waals surface area contributed by atoms with Crippen LogP contribution in [0.15, 0.2) is 187 Å². The molecular weight excluding hydrogens is 673 g/mol. The third-order valence-corrected chi connectivity index (χ3v) is 10.6. The topological polar surface area (TPSA) is 64.7 Å². The van der Waals surface area contributed by atoms with E-state index in [2.05, 4.69) is 109 Å². The Bertz CT molecular complexity index is 3230. The van der Waals surface area contributed by atoms with E-state index in [1.807, 2.05) is 72.9 Å². The van der Waals surface area contributed by atoms with E-state index in [0.29, 0.717) is 17.5 Å². The molecule has 256 valence electrons. The summed E-state index contributed by atoms with van der Waals surface area (Å²) < 4.78 is 6.59. The van der Waals surface area contributed by atoms with E-state index in [4.69, 9.17) is 24.4 Å². The Morgan fingerprint density at radius 1 is 0.364 bits per heavy atom. The summed E-state index contributed by atoms with van der Waals surface area (Å²) in [5, 5.41) is 7.87. The number of pyridine rings is 1. The van der Waals surface area contributed by atoms with E-state index in [0.717, 1.165) is 71.8 Å². The van der Waals surface area contributed by atoms with Gasteiger partial charge in [0.2, 0.25) is 0 Å². The SMILES string of the molecule is c1ccc(-c2nc(-c3ccc(-c4cc5ccccc5c5c4ncc4ccccc45)cc3)nc(-c3ccc(-c4ccccc4)c4oc5ccccc5c34)n2)cc1. The molecule has 0 saturated carbocycles. The van der Waals surface area contributed by atoms with E-state index >= 15 is 0 Å². The van der Waals surface area contributed by atoms with Crippen LogP contribution in [0, 0.1) is 0 Å². The van der Waals surface area contributed by atoms with Gasteiger partial charge in [-0.3, -0.25) is 4.98 Å². The number of hydrogen-bond donors (Lipinski definition) is 0. The van der Waals surface area contributed by atoms with Gasteiger partial charge in [0, 0.05) is 55.6 Å². The van der Waals surface area contributed by atoms with Gasteiger partial charge in [0.25, 0.3) is 0 Å². The molecule has 0 aliphatic rings. The third-order valence-electron chi connectivity index (χ3n) is 10.6. The van der Waals surface area contributed by atoms with E-state index in [9.17, 15) is 0 Å². The molecule has 11 rings (SSSR count). The first kappa shape index (κ1) is 31.1. The maximum Gasteiger partial charge on any atom is 0.164 e. The van der Waals surface area contributed by atoms with Crippen LogP contribution < -0.4 is 0 Å². The van der Waals surface area contributed by atoms with Gasteiger partial charge in [-0.1, -0.05) is 152 Å². The van der Waals surface area contributed by atoms with Crippen LogP contribution in [0.1, 0.15) is 0 Å². The van der Waals surface area contributed by atoms with Crippen molar-refractivity contribution in [3.8, 4) is 56.4 Å². The molecule has 0 N–H and O–H groups in total. The molecule has 0 aliphatic heterocycles. The van der Waals surface area contributed by atoms with Gasteiger partial charge in [-0.2, -0.15) is 0 Å². The van der Waals surface area contributed by atoms with Crippen molar-refractivity contribution in [3.63, 3.8) is 0 Å². The zero-order valence-electron chi connectivity index (χ0n) is 29.5. The first-order chi connectivity index (χ1) is 27.3. The molecule has 0 spiro atoms. The summed E-state index contributed by atoms with van der Waals surface area (Å²) in [4.78, 5) is 20.4. The van der Waals surface area contributed by atoms with E-state index in [1.54, 1.807) is 0 Å². The Hall–Kier alpha value is -7.50. The largest absolute Gasteiger partial charge is 0.455 e. The van der Waals surface area contributed by atoms with Gasteiger partial charge in [0.1, 0.15) is 11.2 Å². The highest BCUT2D eigenvalue weighted by atomic mass is 16.3. The highest BCUT2D eigenvalue weighted by Gasteiger charge is 2.21. The third kappa shape index (κ3) is 5.17. The van der Waals surface area contributed by atoms with Crippen molar-refractivity contribution in [1.29, 1.82) is 0 Å². The molecule has 0 unspecified atom stereocenters. The quantitative estimate of drug-likeness (QED) is 0.167. The Balaban J connectivity index is 1.09. The van der Waals surface area contributed by atoms with Gasteiger partial charge in [-0.15, -0.1) is 0 Å². The number of benzene rings is 8. The van der Waals surface area contributed by atoms with E-state index in [-0.39, 0.29) is 0 Å². The molecule has 5 heteroatoms. The minimum absolute atomic E-state index is 0.584. The second-order valence-corrected chi connectivity index (χ2v) is 13.8. The van der Waals surface area contributed by atoms with Gasteiger partial charge in [0.15, 0.2) is 17.5 Å². The van der Waals surface area contributed by atoms with E-state index in [1.165, 1.54) is 21.5 Å². The second-order valence-electron chi connectivity index (χ2n) is 13.8.